The first-order valence-electron chi connectivity index (χ1n) is 11.5. The van der Waals surface area contributed by atoms with E-state index in [4.69, 9.17) is 28.7 Å². The average Bonchev–Trinajstić information content (AvgIpc) is 2.83. The molecule has 0 bridgehead atoms. The van der Waals surface area contributed by atoms with E-state index in [0.717, 1.165) is 0 Å². The first kappa shape index (κ1) is 34.1. The molecular weight excluding hydrogens is 524 g/mol. The van der Waals surface area contributed by atoms with Gasteiger partial charge in [0.1, 0.15) is 18.1 Å². The lowest BCUT2D eigenvalue weighted by Gasteiger charge is -2.24. The number of aliphatic carboxylic acids is 1. The molecule has 3 amide bonds. The van der Waals surface area contributed by atoms with Gasteiger partial charge in [0.25, 0.3) is 0 Å². The summed E-state index contributed by atoms with van der Waals surface area (Å²) in [5.41, 5.74) is 26.9. The summed E-state index contributed by atoms with van der Waals surface area (Å²) in [6.45, 7) is 0.506. The smallest absolute Gasteiger partial charge is 0.326 e. The second kappa shape index (κ2) is 19.2. The van der Waals surface area contributed by atoms with Crippen molar-refractivity contribution in [3.05, 3.63) is 0 Å². The summed E-state index contributed by atoms with van der Waals surface area (Å²) >= 11 is 5.57. The molecule has 0 radical (unpaired) electrons. The minimum absolute atomic E-state index is 0.0578. The lowest BCUT2D eigenvalue weighted by molar-refractivity contribution is -0.142. The number of rotatable bonds is 19. The highest BCUT2D eigenvalue weighted by Gasteiger charge is 2.29. The van der Waals surface area contributed by atoms with Crippen molar-refractivity contribution in [2.75, 3.05) is 30.9 Å². The summed E-state index contributed by atoms with van der Waals surface area (Å²) in [6.07, 6.45) is 3.19. The summed E-state index contributed by atoms with van der Waals surface area (Å²) in [7, 11) is 0. The van der Waals surface area contributed by atoms with Gasteiger partial charge in [-0.3, -0.25) is 24.4 Å². The third-order valence-electron chi connectivity index (χ3n) is 4.92. The number of nitrogens with one attached hydrogen (secondary N) is 3. The number of hydrogen-bond donors (Lipinski definition) is 10. The number of guanidine groups is 2. The molecule has 4 atom stereocenters. The number of nitrogens with two attached hydrogens (primary N) is 5. The molecule has 0 aliphatic rings. The van der Waals surface area contributed by atoms with Crippen LogP contribution in [0, 0.1) is 0 Å². The molecule has 0 saturated carbocycles. The Kier molecular flexibility index (Phi) is 17.7. The number of thiol groups is 1. The Hall–Kier alpha value is -2.92. The van der Waals surface area contributed by atoms with Crippen molar-refractivity contribution in [1.82, 2.24) is 16.0 Å². The summed E-state index contributed by atoms with van der Waals surface area (Å²) in [5, 5.41) is 17.0. The molecule has 17 heteroatoms. The Morgan fingerprint density at radius 3 is 1.78 bits per heavy atom. The van der Waals surface area contributed by atoms with Gasteiger partial charge in [-0.1, -0.05) is 0 Å². The fraction of sp³-hybridized carbons (Fsp3) is 0.700. The van der Waals surface area contributed by atoms with Gasteiger partial charge in [-0.2, -0.15) is 24.4 Å². The topological polar surface area (TPSA) is 279 Å². The Labute approximate surface area is 226 Å². The van der Waals surface area contributed by atoms with Gasteiger partial charge in [0, 0.05) is 18.8 Å². The van der Waals surface area contributed by atoms with Gasteiger partial charge in [-0.15, -0.1) is 0 Å². The molecule has 0 fully saturated rings. The highest BCUT2D eigenvalue weighted by atomic mass is 32.2. The number of carbonyl (C=O) groups is 4. The van der Waals surface area contributed by atoms with Crippen LogP contribution in [0.1, 0.15) is 32.1 Å². The van der Waals surface area contributed by atoms with E-state index >= 15 is 0 Å². The molecule has 0 aromatic carbocycles. The third-order valence-corrected chi connectivity index (χ3v) is 5.93. The molecule has 0 aliphatic carbocycles. The molecule has 0 heterocycles. The van der Waals surface area contributed by atoms with Crippen LogP contribution in [0.15, 0.2) is 9.98 Å². The van der Waals surface area contributed by atoms with Crippen molar-refractivity contribution < 1.29 is 24.3 Å². The minimum Gasteiger partial charge on any atom is -0.480 e. The number of aliphatic imine (C=N–C) groups is 2. The molecule has 15 nitrogen and oxygen atoms in total. The van der Waals surface area contributed by atoms with Crippen LogP contribution in [0.25, 0.3) is 0 Å². The Morgan fingerprint density at radius 1 is 0.811 bits per heavy atom. The van der Waals surface area contributed by atoms with Crippen LogP contribution in [0.2, 0.25) is 0 Å². The molecule has 0 rings (SSSR count). The van der Waals surface area contributed by atoms with E-state index in [-0.39, 0.29) is 43.5 Å². The lowest BCUT2D eigenvalue weighted by Crippen LogP contribution is -2.57. The number of amides is 3. The first-order valence-corrected chi connectivity index (χ1v) is 13.6. The van der Waals surface area contributed by atoms with Gasteiger partial charge in [0.05, 0.1) is 6.04 Å². The van der Waals surface area contributed by atoms with Gasteiger partial charge in [0.2, 0.25) is 17.7 Å². The van der Waals surface area contributed by atoms with E-state index in [9.17, 15) is 24.3 Å². The van der Waals surface area contributed by atoms with Gasteiger partial charge in [-0.25, -0.2) is 4.79 Å². The molecule has 37 heavy (non-hydrogen) atoms. The summed E-state index contributed by atoms with van der Waals surface area (Å²) in [4.78, 5) is 57.3. The molecule has 0 aliphatic heterocycles. The second-order valence-electron chi connectivity index (χ2n) is 7.99. The number of thioether (sulfide) groups is 1. The maximum atomic E-state index is 12.9. The number of carboxylic acids is 1. The van der Waals surface area contributed by atoms with E-state index < -0.39 is 47.9 Å². The molecular formula is C20H40N10O5S2. The largest absolute Gasteiger partial charge is 0.480 e. The van der Waals surface area contributed by atoms with Gasteiger partial charge in [0.15, 0.2) is 11.9 Å². The standard InChI is InChI=1S/C20H40N10O5S2/c1-37-9-6-12(16(32)29-13(18(34)35)5-3-8-27-20(24)25)28-17(33)14(10-36)30-15(31)11(21)4-2-7-26-19(22)23/h11-14,36H,2-10,21H2,1H3,(H,28,33)(H,29,32)(H,30,31)(H,34,35)(H4,22,23,26)(H4,24,25,27). The summed E-state index contributed by atoms with van der Waals surface area (Å²) in [6, 6.07) is -4.21. The zero-order valence-corrected chi connectivity index (χ0v) is 22.6. The van der Waals surface area contributed by atoms with Crippen molar-refractivity contribution in [3.8, 4) is 0 Å². The van der Waals surface area contributed by atoms with Gasteiger partial charge in [-0.05, 0) is 44.1 Å². The molecule has 0 spiro atoms. The van der Waals surface area contributed by atoms with Crippen LogP contribution in [-0.2, 0) is 19.2 Å². The van der Waals surface area contributed by atoms with E-state index in [2.05, 4.69) is 38.6 Å². The number of carbonyl (C=O) groups excluding carboxylic acids is 3. The summed E-state index contributed by atoms with van der Waals surface area (Å²) in [5.74, 6) is -2.86. The molecule has 14 N–H and O–H groups in total. The zero-order chi connectivity index (χ0) is 28.4. The number of hydrogen-bond acceptors (Lipinski definition) is 9. The summed E-state index contributed by atoms with van der Waals surface area (Å²) < 4.78 is 0. The highest BCUT2D eigenvalue weighted by molar-refractivity contribution is 7.98. The Balaban J connectivity index is 5.13. The molecule has 4 unspecified atom stereocenters. The Morgan fingerprint density at radius 2 is 1.30 bits per heavy atom. The maximum Gasteiger partial charge on any atom is 0.326 e. The Bertz CT molecular complexity index is 806. The molecule has 0 aromatic rings. The van der Waals surface area contributed by atoms with Crippen LogP contribution in [0.3, 0.4) is 0 Å². The van der Waals surface area contributed by atoms with Crippen molar-refractivity contribution in [2.45, 2.75) is 56.3 Å². The SMILES string of the molecule is CSCCC(NC(=O)C(CS)NC(=O)C(N)CCCN=C(N)N)C(=O)NC(CCCN=C(N)N)C(=O)O. The average molecular weight is 565 g/mol. The van der Waals surface area contributed by atoms with Crippen LogP contribution in [-0.4, -0.2) is 95.7 Å². The fourth-order valence-electron chi connectivity index (χ4n) is 2.93. The normalized spacial score (nSPS) is 13.8. The number of carboxylic acid groups (broad SMARTS) is 1. The lowest BCUT2D eigenvalue weighted by atomic mass is 10.1. The molecule has 0 aromatic heterocycles. The fourth-order valence-corrected chi connectivity index (χ4v) is 3.66. The monoisotopic (exact) mass is 564 g/mol. The van der Waals surface area contributed by atoms with Crippen LogP contribution in [0.4, 0.5) is 0 Å². The molecule has 212 valence electrons. The van der Waals surface area contributed by atoms with E-state index in [1.165, 1.54) is 11.8 Å². The van der Waals surface area contributed by atoms with Gasteiger partial charge < -0.3 is 49.7 Å². The predicted octanol–water partition coefficient (Wildman–Crippen LogP) is -3.36. The van der Waals surface area contributed by atoms with Crippen LogP contribution in [0.5, 0.6) is 0 Å². The number of nitrogens with zero attached hydrogens (tertiary/aromatic N) is 2. The van der Waals surface area contributed by atoms with Crippen molar-refractivity contribution in [1.29, 1.82) is 0 Å². The first-order chi connectivity index (χ1) is 17.4. The second-order valence-corrected chi connectivity index (χ2v) is 9.34. The van der Waals surface area contributed by atoms with Crippen molar-refractivity contribution >= 4 is 60.0 Å². The highest BCUT2D eigenvalue weighted by Crippen LogP contribution is 2.06. The predicted molar refractivity (Wildman–Crippen MR) is 148 cm³/mol. The quantitative estimate of drug-likeness (QED) is 0.0320. The van der Waals surface area contributed by atoms with Gasteiger partial charge >= 0.3 is 5.97 Å². The maximum absolute atomic E-state index is 12.9. The van der Waals surface area contributed by atoms with Crippen LogP contribution >= 0.6 is 24.4 Å². The van der Waals surface area contributed by atoms with E-state index in [1.807, 2.05) is 6.26 Å². The third kappa shape index (κ3) is 15.7. The van der Waals surface area contributed by atoms with Crippen molar-refractivity contribution in [2.24, 2.45) is 38.7 Å². The van der Waals surface area contributed by atoms with Crippen molar-refractivity contribution in [3.63, 3.8) is 0 Å². The zero-order valence-electron chi connectivity index (χ0n) is 20.9. The molecule has 0 saturated heterocycles. The minimum atomic E-state index is -1.23. The van der Waals surface area contributed by atoms with Crippen LogP contribution < -0.4 is 44.6 Å². The van der Waals surface area contributed by atoms with E-state index in [1.54, 1.807) is 0 Å². The van der Waals surface area contributed by atoms with E-state index in [0.29, 0.717) is 25.1 Å².